The zero-order valence-electron chi connectivity index (χ0n) is 11.4. The smallest absolute Gasteiger partial charge is 0.416 e. The summed E-state index contributed by atoms with van der Waals surface area (Å²) in [6, 6.07) is 4.83. The van der Waals surface area contributed by atoms with Crippen LogP contribution in [0.1, 0.15) is 30.0 Å². The third-order valence-electron chi connectivity index (χ3n) is 3.84. The summed E-state index contributed by atoms with van der Waals surface area (Å²) in [6.45, 7) is 0.628. The highest BCUT2D eigenvalue weighted by Gasteiger charge is 2.33. The molecule has 2 rings (SSSR count). The summed E-state index contributed by atoms with van der Waals surface area (Å²) < 4.78 is 37.6. The fourth-order valence-electron chi connectivity index (χ4n) is 2.59. The van der Waals surface area contributed by atoms with Gasteiger partial charge in [0, 0.05) is 6.04 Å². The number of hydrogen-bond donors (Lipinski definition) is 1. The minimum Gasteiger partial charge on any atom is -0.481 e. The molecule has 0 spiro atoms. The van der Waals surface area contributed by atoms with E-state index in [1.54, 1.807) is 0 Å². The van der Waals surface area contributed by atoms with Crippen molar-refractivity contribution in [1.82, 2.24) is 4.90 Å². The van der Waals surface area contributed by atoms with E-state index < -0.39 is 23.6 Å². The quantitative estimate of drug-likeness (QED) is 0.904. The van der Waals surface area contributed by atoms with Gasteiger partial charge in [0.25, 0.3) is 0 Å². The number of piperidine rings is 1. The highest BCUT2D eigenvalue weighted by atomic mass is 35.5. The average Bonchev–Trinajstić information content (AvgIpc) is 2.38. The van der Waals surface area contributed by atoms with Crippen LogP contribution in [0.3, 0.4) is 0 Å². The Morgan fingerprint density at radius 1 is 1.29 bits per heavy atom. The Morgan fingerprint density at radius 2 is 1.86 bits per heavy atom. The molecule has 1 aromatic rings. The second-order valence-electron chi connectivity index (χ2n) is 5.18. The van der Waals surface area contributed by atoms with Crippen molar-refractivity contribution in [1.29, 1.82) is 0 Å². The third-order valence-corrected chi connectivity index (χ3v) is 3.84. The summed E-state index contributed by atoms with van der Waals surface area (Å²) in [5, 5.41) is 9.07. The summed E-state index contributed by atoms with van der Waals surface area (Å²) in [7, 11) is 1.86. The Labute approximate surface area is 127 Å². The molecule has 21 heavy (non-hydrogen) atoms. The van der Waals surface area contributed by atoms with Crippen molar-refractivity contribution in [2.75, 3.05) is 13.6 Å². The molecule has 3 nitrogen and oxygen atoms in total. The number of hydrogen-bond acceptors (Lipinski definition) is 2. The van der Waals surface area contributed by atoms with Crippen molar-refractivity contribution in [3.63, 3.8) is 0 Å². The van der Waals surface area contributed by atoms with E-state index in [0.29, 0.717) is 19.4 Å². The number of carboxylic acids is 1. The van der Waals surface area contributed by atoms with E-state index in [0.717, 1.165) is 17.7 Å². The van der Waals surface area contributed by atoms with Crippen LogP contribution < -0.4 is 0 Å². The maximum atomic E-state index is 12.5. The lowest BCUT2D eigenvalue weighted by Crippen LogP contribution is -2.36. The lowest BCUT2D eigenvalue weighted by Gasteiger charge is -2.36. The van der Waals surface area contributed by atoms with Gasteiger partial charge in [-0.2, -0.15) is 13.2 Å². The van der Waals surface area contributed by atoms with Gasteiger partial charge in [-0.3, -0.25) is 9.69 Å². The van der Waals surface area contributed by atoms with Crippen LogP contribution >= 0.6 is 12.4 Å². The van der Waals surface area contributed by atoms with E-state index >= 15 is 0 Å². The van der Waals surface area contributed by atoms with E-state index in [2.05, 4.69) is 0 Å². The van der Waals surface area contributed by atoms with E-state index in [4.69, 9.17) is 5.11 Å². The second-order valence-corrected chi connectivity index (χ2v) is 5.18. The zero-order valence-corrected chi connectivity index (χ0v) is 12.2. The molecule has 0 aliphatic carbocycles. The summed E-state index contributed by atoms with van der Waals surface area (Å²) in [4.78, 5) is 13.0. The normalized spacial score (nSPS) is 23.4. The summed E-state index contributed by atoms with van der Waals surface area (Å²) in [5.74, 6) is -1.27. The molecule has 0 amide bonds. The molecule has 0 aromatic heterocycles. The molecule has 2 unspecified atom stereocenters. The third kappa shape index (κ3) is 4.11. The molecular weight excluding hydrogens is 307 g/mol. The van der Waals surface area contributed by atoms with E-state index in [-0.39, 0.29) is 18.4 Å². The number of halogens is 4. The molecule has 118 valence electrons. The molecule has 2 atom stereocenters. The number of carbonyl (C=O) groups is 1. The molecular formula is C14H17ClF3NO2. The maximum Gasteiger partial charge on any atom is 0.416 e. The zero-order chi connectivity index (χ0) is 14.9. The number of aliphatic carboxylic acids is 1. The highest BCUT2D eigenvalue weighted by Crippen LogP contribution is 2.35. The van der Waals surface area contributed by atoms with Gasteiger partial charge in [0.05, 0.1) is 11.5 Å². The van der Waals surface area contributed by atoms with Gasteiger partial charge in [-0.1, -0.05) is 12.1 Å². The van der Waals surface area contributed by atoms with Gasteiger partial charge >= 0.3 is 12.1 Å². The molecule has 0 radical (unpaired) electrons. The van der Waals surface area contributed by atoms with Gasteiger partial charge in [0.1, 0.15) is 0 Å². The molecule has 1 heterocycles. The van der Waals surface area contributed by atoms with Crippen molar-refractivity contribution in [2.24, 2.45) is 5.92 Å². The van der Waals surface area contributed by atoms with Crippen molar-refractivity contribution in [2.45, 2.75) is 25.1 Å². The Morgan fingerprint density at radius 3 is 2.33 bits per heavy atom. The predicted molar refractivity (Wildman–Crippen MR) is 74.4 cm³/mol. The molecule has 0 bridgehead atoms. The maximum absolute atomic E-state index is 12.5. The van der Waals surface area contributed by atoms with Crippen LogP contribution in [-0.2, 0) is 11.0 Å². The van der Waals surface area contributed by atoms with E-state index in [9.17, 15) is 18.0 Å². The summed E-state index contributed by atoms with van der Waals surface area (Å²) in [6.07, 6.45) is -3.35. The number of nitrogens with zero attached hydrogens (tertiary/aromatic N) is 1. The molecule has 1 fully saturated rings. The van der Waals surface area contributed by atoms with Crippen LogP contribution in [-0.4, -0.2) is 29.6 Å². The Balaban J connectivity index is 0.00000220. The SMILES string of the molecule is CN1CCC(C(=O)O)CC1c1ccc(C(F)(F)F)cc1.Cl. The van der Waals surface area contributed by atoms with Gasteiger partial charge in [0.2, 0.25) is 0 Å². The average molecular weight is 324 g/mol. The standard InChI is InChI=1S/C14H16F3NO2.ClH/c1-18-7-6-10(13(19)20)8-12(18)9-2-4-11(5-3-9)14(15,16)17;/h2-5,10,12H,6-8H2,1H3,(H,19,20);1H. The van der Waals surface area contributed by atoms with Crippen LogP contribution in [0.2, 0.25) is 0 Å². The minimum atomic E-state index is -4.35. The first-order valence-corrected chi connectivity index (χ1v) is 6.39. The van der Waals surface area contributed by atoms with Crippen LogP contribution in [0.25, 0.3) is 0 Å². The molecule has 7 heteroatoms. The molecule has 1 saturated heterocycles. The summed E-state index contributed by atoms with van der Waals surface area (Å²) >= 11 is 0. The summed E-state index contributed by atoms with van der Waals surface area (Å²) in [5.41, 5.74) is 0.0425. The molecule has 0 saturated carbocycles. The second kappa shape index (κ2) is 6.66. The monoisotopic (exact) mass is 323 g/mol. The van der Waals surface area contributed by atoms with Crippen molar-refractivity contribution in [3.8, 4) is 0 Å². The number of benzene rings is 1. The Hall–Kier alpha value is -1.27. The molecule has 1 aromatic carbocycles. The van der Waals surface area contributed by atoms with Gasteiger partial charge in [-0.05, 0) is 44.1 Å². The van der Waals surface area contributed by atoms with E-state index in [1.165, 1.54) is 12.1 Å². The van der Waals surface area contributed by atoms with Crippen LogP contribution in [0.15, 0.2) is 24.3 Å². The largest absolute Gasteiger partial charge is 0.481 e. The van der Waals surface area contributed by atoms with Gasteiger partial charge in [-0.15, -0.1) is 12.4 Å². The van der Waals surface area contributed by atoms with E-state index in [1.807, 2.05) is 11.9 Å². The molecule has 1 N–H and O–H groups in total. The van der Waals surface area contributed by atoms with Crippen molar-refractivity contribution >= 4 is 18.4 Å². The molecule has 1 aliphatic rings. The van der Waals surface area contributed by atoms with Gasteiger partial charge < -0.3 is 5.11 Å². The van der Waals surface area contributed by atoms with Crippen LogP contribution in [0.5, 0.6) is 0 Å². The first kappa shape index (κ1) is 17.8. The van der Waals surface area contributed by atoms with Gasteiger partial charge in [0.15, 0.2) is 0 Å². The van der Waals surface area contributed by atoms with Crippen molar-refractivity contribution in [3.05, 3.63) is 35.4 Å². The minimum absolute atomic E-state index is 0. The number of rotatable bonds is 2. The predicted octanol–water partition coefficient (Wildman–Crippen LogP) is 3.59. The lowest BCUT2D eigenvalue weighted by atomic mass is 9.87. The van der Waals surface area contributed by atoms with Gasteiger partial charge in [-0.25, -0.2) is 0 Å². The topological polar surface area (TPSA) is 40.5 Å². The highest BCUT2D eigenvalue weighted by molar-refractivity contribution is 5.85. The lowest BCUT2D eigenvalue weighted by molar-refractivity contribution is -0.144. The molecule has 1 aliphatic heterocycles. The Bertz CT molecular complexity index is 490. The van der Waals surface area contributed by atoms with Crippen molar-refractivity contribution < 1.29 is 23.1 Å². The number of alkyl halides is 3. The van der Waals surface area contributed by atoms with Crippen LogP contribution in [0.4, 0.5) is 13.2 Å². The Kier molecular flexibility index (Phi) is 5.64. The van der Waals surface area contributed by atoms with Crippen LogP contribution in [0, 0.1) is 5.92 Å². The first-order valence-electron chi connectivity index (χ1n) is 6.39. The fourth-order valence-corrected chi connectivity index (χ4v) is 2.59. The number of likely N-dealkylation sites (tertiary alicyclic amines) is 1. The first-order chi connectivity index (χ1) is 9.29. The fraction of sp³-hybridized carbons (Fsp3) is 0.500. The number of carboxylic acid groups (broad SMARTS) is 1.